The van der Waals surface area contributed by atoms with Gasteiger partial charge in [0.2, 0.25) is 0 Å². The van der Waals surface area contributed by atoms with E-state index >= 15 is 0 Å². The molecule has 1 saturated heterocycles. The van der Waals surface area contributed by atoms with Crippen LogP contribution < -0.4 is 0 Å². The number of H-pyrrole nitrogens is 1. The topological polar surface area (TPSA) is 41.1 Å². The molecule has 1 N–H and O–H groups in total. The summed E-state index contributed by atoms with van der Waals surface area (Å²) >= 11 is 0. The van der Waals surface area contributed by atoms with Gasteiger partial charge in [-0.05, 0) is 43.1 Å². The maximum absolute atomic E-state index is 6.78. The quantitative estimate of drug-likeness (QED) is 0.717. The van der Waals surface area contributed by atoms with Crippen molar-refractivity contribution in [3.05, 3.63) is 53.3 Å². The Morgan fingerprint density at radius 2 is 1.93 bits per heavy atom. The summed E-state index contributed by atoms with van der Waals surface area (Å²) in [5, 5.41) is 7.75. The normalized spacial score (nSPS) is 21.7. The Labute approximate surface area is 165 Å². The second-order valence-corrected chi connectivity index (χ2v) is 14.3. The highest BCUT2D eigenvalue weighted by atomic mass is 28.4. The van der Waals surface area contributed by atoms with Gasteiger partial charge in [-0.2, -0.15) is 5.10 Å². The molecule has 0 aliphatic carbocycles. The summed E-state index contributed by atoms with van der Waals surface area (Å²) in [6.07, 6.45) is 2.42. The molecule has 0 amide bonds. The van der Waals surface area contributed by atoms with Crippen LogP contribution in [-0.4, -0.2) is 42.1 Å². The van der Waals surface area contributed by atoms with Crippen LogP contribution in [-0.2, 0) is 17.4 Å². The number of rotatable bonds is 6. The highest BCUT2D eigenvalue weighted by molar-refractivity contribution is 6.74. The molecule has 0 radical (unpaired) electrons. The van der Waals surface area contributed by atoms with Crippen LogP contribution in [0.4, 0.5) is 0 Å². The Balaban J connectivity index is 1.73. The van der Waals surface area contributed by atoms with Gasteiger partial charge in [0.05, 0.1) is 11.8 Å². The first-order valence-electron chi connectivity index (χ1n) is 10.1. The molecular formula is C22H35N3OSi. The monoisotopic (exact) mass is 385 g/mol. The third-order valence-electron chi connectivity index (χ3n) is 6.20. The van der Waals surface area contributed by atoms with Crippen molar-refractivity contribution < 1.29 is 4.43 Å². The summed E-state index contributed by atoms with van der Waals surface area (Å²) in [7, 11) is -1.76. The Hall–Kier alpha value is -1.43. The number of aryl methyl sites for hydroxylation is 1. The van der Waals surface area contributed by atoms with Gasteiger partial charge in [-0.15, -0.1) is 0 Å². The van der Waals surface area contributed by atoms with E-state index in [2.05, 4.69) is 85.4 Å². The molecule has 1 aliphatic heterocycles. The van der Waals surface area contributed by atoms with Gasteiger partial charge in [0, 0.05) is 31.2 Å². The first-order valence-corrected chi connectivity index (χ1v) is 13.0. The molecule has 0 saturated carbocycles. The summed E-state index contributed by atoms with van der Waals surface area (Å²) in [5.74, 6) is 0. The van der Waals surface area contributed by atoms with Crippen molar-refractivity contribution in [3.8, 4) is 0 Å². The lowest BCUT2D eigenvalue weighted by Gasteiger charge is -2.38. The SMILES string of the molecule is Cc1cc(C[C@@H]2C[C@@H](O[Si](C)(C)C(C)(C)C)CN2Cc2ccccc2)[nH]n1. The zero-order chi connectivity index (χ0) is 19.7. The summed E-state index contributed by atoms with van der Waals surface area (Å²) in [6.45, 7) is 15.7. The number of nitrogens with one attached hydrogen (secondary N) is 1. The molecule has 1 aromatic heterocycles. The lowest BCUT2D eigenvalue weighted by Crippen LogP contribution is -2.44. The van der Waals surface area contributed by atoms with Crippen molar-refractivity contribution in [3.63, 3.8) is 0 Å². The van der Waals surface area contributed by atoms with Crippen LogP contribution in [0.2, 0.25) is 18.1 Å². The number of hydrogen-bond donors (Lipinski definition) is 1. The predicted octanol–water partition coefficient (Wildman–Crippen LogP) is 4.93. The summed E-state index contributed by atoms with van der Waals surface area (Å²) in [6, 6.07) is 13.4. The molecule has 0 unspecified atom stereocenters. The summed E-state index contributed by atoms with van der Waals surface area (Å²) in [5.41, 5.74) is 3.66. The number of nitrogens with zero attached hydrogens (tertiary/aromatic N) is 2. The summed E-state index contributed by atoms with van der Waals surface area (Å²) < 4.78 is 6.78. The average Bonchev–Trinajstić information content (AvgIpc) is 3.13. The minimum atomic E-state index is -1.76. The second kappa shape index (κ2) is 7.90. The molecule has 148 valence electrons. The van der Waals surface area contributed by atoms with E-state index in [0.717, 1.165) is 31.6 Å². The lowest BCUT2D eigenvalue weighted by molar-refractivity contribution is 0.177. The van der Waals surface area contributed by atoms with E-state index in [-0.39, 0.29) is 5.04 Å². The fraction of sp³-hybridized carbons (Fsp3) is 0.591. The Kier molecular flexibility index (Phi) is 5.94. The van der Waals surface area contributed by atoms with Crippen LogP contribution in [0.1, 0.15) is 44.1 Å². The van der Waals surface area contributed by atoms with Gasteiger partial charge in [0.1, 0.15) is 0 Å². The van der Waals surface area contributed by atoms with Gasteiger partial charge in [0.25, 0.3) is 0 Å². The van der Waals surface area contributed by atoms with Crippen LogP contribution in [0.3, 0.4) is 0 Å². The van der Waals surface area contributed by atoms with Crippen molar-refractivity contribution >= 4 is 8.32 Å². The molecule has 0 bridgehead atoms. The molecule has 0 spiro atoms. The van der Waals surface area contributed by atoms with E-state index in [1.165, 1.54) is 11.3 Å². The lowest BCUT2D eigenvalue weighted by atomic mass is 10.1. The standard InChI is InChI=1S/C22H35N3OSi/c1-17-12-19(24-23-17)13-20-14-21(26-27(5,6)22(2,3)4)16-25(20)15-18-10-8-7-9-11-18/h7-12,20-21H,13-16H2,1-6H3,(H,23,24)/t20-,21-/m1/s1. The minimum absolute atomic E-state index is 0.246. The van der Waals surface area contributed by atoms with E-state index in [0.29, 0.717) is 12.1 Å². The smallest absolute Gasteiger partial charge is 0.192 e. The van der Waals surface area contributed by atoms with Gasteiger partial charge in [-0.25, -0.2) is 0 Å². The fourth-order valence-corrected chi connectivity index (χ4v) is 5.03. The molecule has 1 fully saturated rings. The number of aromatic amines is 1. The third-order valence-corrected chi connectivity index (χ3v) is 10.7. The molecule has 4 nitrogen and oxygen atoms in total. The molecule has 1 aliphatic rings. The van der Waals surface area contributed by atoms with Gasteiger partial charge in [-0.1, -0.05) is 51.1 Å². The van der Waals surface area contributed by atoms with Crippen LogP contribution in [0.5, 0.6) is 0 Å². The largest absolute Gasteiger partial charge is 0.413 e. The Bertz CT molecular complexity index is 736. The van der Waals surface area contributed by atoms with E-state index in [9.17, 15) is 0 Å². The maximum atomic E-state index is 6.78. The van der Waals surface area contributed by atoms with E-state index in [1.807, 2.05) is 6.92 Å². The Morgan fingerprint density at radius 3 is 2.52 bits per heavy atom. The molecule has 3 rings (SSSR count). The highest BCUT2D eigenvalue weighted by Gasteiger charge is 2.42. The molecule has 27 heavy (non-hydrogen) atoms. The average molecular weight is 386 g/mol. The van der Waals surface area contributed by atoms with E-state index < -0.39 is 8.32 Å². The van der Waals surface area contributed by atoms with Crippen molar-refractivity contribution in [2.45, 2.75) is 77.4 Å². The first-order chi connectivity index (χ1) is 12.6. The molecular weight excluding hydrogens is 350 g/mol. The van der Waals surface area contributed by atoms with Crippen molar-refractivity contribution in [1.29, 1.82) is 0 Å². The highest BCUT2D eigenvalue weighted by Crippen LogP contribution is 2.39. The Morgan fingerprint density at radius 1 is 1.22 bits per heavy atom. The molecule has 2 aromatic rings. The predicted molar refractivity (Wildman–Crippen MR) is 114 cm³/mol. The van der Waals surface area contributed by atoms with Gasteiger partial charge < -0.3 is 4.43 Å². The second-order valence-electron chi connectivity index (χ2n) is 9.54. The molecule has 1 aromatic carbocycles. The zero-order valence-electron chi connectivity index (χ0n) is 17.7. The molecule has 2 atom stereocenters. The minimum Gasteiger partial charge on any atom is -0.413 e. The molecule has 5 heteroatoms. The third kappa shape index (κ3) is 5.09. The van der Waals surface area contributed by atoms with Gasteiger partial charge in [-0.3, -0.25) is 10.00 Å². The van der Waals surface area contributed by atoms with Gasteiger partial charge in [0.15, 0.2) is 8.32 Å². The van der Waals surface area contributed by atoms with E-state index in [1.54, 1.807) is 0 Å². The first kappa shape index (κ1) is 20.3. The molecule has 2 heterocycles. The van der Waals surface area contributed by atoms with Crippen LogP contribution in [0.25, 0.3) is 0 Å². The number of aromatic nitrogens is 2. The van der Waals surface area contributed by atoms with Crippen molar-refractivity contribution in [2.75, 3.05) is 6.54 Å². The van der Waals surface area contributed by atoms with Gasteiger partial charge >= 0.3 is 0 Å². The van der Waals surface area contributed by atoms with Crippen LogP contribution >= 0.6 is 0 Å². The zero-order valence-corrected chi connectivity index (χ0v) is 18.7. The van der Waals surface area contributed by atoms with Crippen molar-refractivity contribution in [2.24, 2.45) is 0 Å². The van der Waals surface area contributed by atoms with Crippen molar-refractivity contribution in [1.82, 2.24) is 15.1 Å². The number of likely N-dealkylation sites (tertiary alicyclic amines) is 1. The van der Waals surface area contributed by atoms with Crippen LogP contribution in [0, 0.1) is 6.92 Å². The maximum Gasteiger partial charge on any atom is 0.192 e. The number of hydrogen-bond acceptors (Lipinski definition) is 3. The fourth-order valence-electron chi connectivity index (χ4n) is 3.68. The van der Waals surface area contributed by atoms with E-state index in [4.69, 9.17) is 4.43 Å². The summed E-state index contributed by atoms with van der Waals surface area (Å²) in [4.78, 5) is 2.60. The van der Waals surface area contributed by atoms with Crippen LogP contribution in [0.15, 0.2) is 36.4 Å². The number of benzene rings is 1.